The summed E-state index contributed by atoms with van der Waals surface area (Å²) in [6.07, 6.45) is 7.84. The van der Waals surface area contributed by atoms with Gasteiger partial charge in [0.2, 0.25) is 0 Å². The van der Waals surface area contributed by atoms with Crippen LogP contribution in [-0.2, 0) is 0 Å². The van der Waals surface area contributed by atoms with Crippen LogP contribution in [0, 0.1) is 11.3 Å². The molecule has 1 N–H and O–H groups in total. The van der Waals surface area contributed by atoms with Crippen LogP contribution in [0.4, 0.5) is 0 Å². The van der Waals surface area contributed by atoms with Crippen LogP contribution in [0.15, 0.2) is 48.8 Å². The van der Waals surface area contributed by atoms with Crippen LogP contribution < -0.4 is 17.4 Å². The third-order valence-corrected chi connectivity index (χ3v) is 2.25. The number of aromatic amines is 1. The first-order valence-corrected chi connectivity index (χ1v) is 5.03. The molecular weight excluding hydrogens is 232 g/mol. The third kappa shape index (κ3) is 3.75. The Hall–Kier alpha value is -2.11. The molecule has 1 aromatic heterocycles. The number of halogens is 1. The van der Waals surface area contributed by atoms with Gasteiger partial charge in [-0.05, 0) is 23.3 Å². The molecular formula is C14H11ClN2. The lowest BCUT2D eigenvalue weighted by molar-refractivity contribution is -0.378. The first-order chi connectivity index (χ1) is 7.88. The van der Waals surface area contributed by atoms with Crippen LogP contribution in [0.1, 0.15) is 16.7 Å². The molecule has 0 saturated carbocycles. The van der Waals surface area contributed by atoms with Crippen molar-refractivity contribution < 1.29 is 17.4 Å². The molecule has 0 unspecified atom stereocenters. The van der Waals surface area contributed by atoms with E-state index in [4.69, 9.17) is 5.26 Å². The Kier molecular flexibility index (Phi) is 4.93. The van der Waals surface area contributed by atoms with Crippen molar-refractivity contribution >= 4 is 12.2 Å². The Morgan fingerprint density at radius 1 is 0.882 bits per heavy atom. The zero-order valence-corrected chi connectivity index (χ0v) is 9.85. The van der Waals surface area contributed by atoms with Crippen molar-refractivity contribution in [1.82, 2.24) is 0 Å². The number of rotatable bonds is 2. The first kappa shape index (κ1) is 13.0. The van der Waals surface area contributed by atoms with Crippen LogP contribution in [0.3, 0.4) is 0 Å². The van der Waals surface area contributed by atoms with Crippen molar-refractivity contribution in [2.24, 2.45) is 0 Å². The molecule has 0 aliphatic heterocycles. The third-order valence-electron chi connectivity index (χ3n) is 2.25. The summed E-state index contributed by atoms with van der Waals surface area (Å²) in [5.74, 6) is 0. The molecule has 3 heteroatoms. The average molecular weight is 243 g/mol. The summed E-state index contributed by atoms with van der Waals surface area (Å²) in [5, 5.41) is 8.66. The maximum Gasteiger partial charge on any atom is 0.167 e. The molecule has 0 aliphatic rings. The molecule has 0 spiro atoms. The number of H-pyrrole nitrogens is 1. The second-order valence-electron chi connectivity index (χ2n) is 3.40. The van der Waals surface area contributed by atoms with E-state index < -0.39 is 0 Å². The van der Waals surface area contributed by atoms with E-state index in [1.54, 1.807) is 0 Å². The van der Waals surface area contributed by atoms with E-state index in [1.165, 1.54) is 0 Å². The van der Waals surface area contributed by atoms with Gasteiger partial charge in [-0.25, -0.2) is 4.98 Å². The first-order valence-electron chi connectivity index (χ1n) is 5.03. The summed E-state index contributed by atoms with van der Waals surface area (Å²) in [7, 11) is 0. The fourth-order valence-corrected chi connectivity index (χ4v) is 1.37. The highest BCUT2D eigenvalue weighted by atomic mass is 35.5. The van der Waals surface area contributed by atoms with E-state index in [0.29, 0.717) is 5.56 Å². The lowest BCUT2D eigenvalue weighted by Crippen LogP contribution is -3.00. The maximum atomic E-state index is 8.66. The van der Waals surface area contributed by atoms with E-state index in [9.17, 15) is 0 Å². The lowest BCUT2D eigenvalue weighted by atomic mass is 10.1. The topological polar surface area (TPSA) is 37.9 Å². The Balaban J connectivity index is 0.00000144. The Labute approximate surface area is 107 Å². The van der Waals surface area contributed by atoms with E-state index in [-0.39, 0.29) is 12.4 Å². The molecule has 0 aliphatic carbocycles. The fraction of sp³-hybridized carbons (Fsp3) is 0. The normalized spacial score (nSPS) is 9.59. The molecule has 84 valence electrons. The Morgan fingerprint density at radius 2 is 1.41 bits per heavy atom. The lowest BCUT2D eigenvalue weighted by Gasteiger charge is -1.93. The Bertz CT molecular complexity index is 524. The van der Waals surface area contributed by atoms with Crippen molar-refractivity contribution in [3.8, 4) is 6.07 Å². The number of aromatic nitrogens is 1. The van der Waals surface area contributed by atoms with Gasteiger partial charge < -0.3 is 12.4 Å². The minimum absolute atomic E-state index is 0. The summed E-state index contributed by atoms with van der Waals surface area (Å²) in [4.78, 5) is 2.98. The number of pyridine rings is 1. The molecule has 0 atom stereocenters. The van der Waals surface area contributed by atoms with Gasteiger partial charge in [-0.2, -0.15) is 5.26 Å². The molecule has 2 nitrogen and oxygen atoms in total. The highest BCUT2D eigenvalue weighted by Crippen LogP contribution is 2.08. The van der Waals surface area contributed by atoms with Gasteiger partial charge >= 0.3 is 0 Å². The number of nitriles is 1. The number of hydrogen-bond acceptors (Lipinski definition) is 1. The van der Waals surface area contributed by atoms with Crippen LogP contribution in [-0.4, -0.2) is 0 Å². The van der Waals surface area contributed by atoms with Gasteiger partial charge in [-0.1, -0.05) is 24.3 Å². The molecule has 0 bridgehead atoms. The number of benzene rings is 1. The highest BCUT2D eigenvalue weighted by molar-refractivity contribution is 5.69. The van der Waals surface area contributed by atoms with Gasteiger partial charge in [0.1, 0.15) is 0 Å². The van der Waals surface area contributed by atoms with Crippen LogP contribution >= 0.6 is 0 Å². The van der Waals surface area contributed by atoms with E-state index in [2.05, 4.69) is 11.1 Å². The van der Waals surface area contributed by atoms with E-state index in [0.717, 1.165) is 11.1 Å². The van der Waals surface area contributed by atoms with E-state index >= 15 is 0 Å². The summed E-state index contributed by atoms with van der Waals surface area (Å²) < 4.78 is 0. The minimum atomic E-state index is 0. The molecule has 2 rings (SSSR count). The van der Waals surface area contributed by atoms with Gasteiger partial charge in [0.25, 0.3) is 0 Å². The second-order valence-corrected chi connectivity index (χ2v) is 3.40. The van der Waals surface area contributed by atoms with Gasteiger partial charge in [0.05, 0.1) is 11.6 Å². The van der Waals surface area contributed by atoms with Gasteiger partial charge in [0.15, 0.2) is 12.4 Å². The summed E-state index contributed by atoms with van der Waals surface area (Å²) in [5.41, 5.74) is 2.92. The van der Waals surface area contributed by atoms with Gasteiger partial charge in [0, 0.05) is 12.1 Å². The predicted octanol–water partition coefficient (Wildman–Crippen LogP) is -0.453. The largest absolute Gasteiger partial charge is 1.00 e. The average Bonchev–Trinajstić information content (AvgIpc) is 2.38. The van der Waals surface area contributed by atoms with Crippen molar-refractivity contribution in [3.63, 3.8) is 0 Å². The van der Waals surface area contributed by atoms with Gasteiger partial charge in [-0.3, -0.25) is 0 Å². The fourth-order valence-electron chi connectivity index (χ4n) is 1.37. The minimum Gasteiger partial charge on any atom is -1.00 e. The molecule has 17 heavy (non-hydrogen) atoms. The molecule has 0 saturated heterocycles. The van der Waals surface area contributed by atoms with Crippen molar-refractivity contribution in [2.75, 3.05) is 0 Å². The maximum absolute atomic E-state index is 8.66. The van der Waals surface area contributed by atoms with Crippen molar-refractivity contribution in [2.45, 2.75) is 0 Å². The quantitative estimate of drug-likeness (QED) is 0.703. The molecule has 0 radical (unpaired) electrons. The highest BCUT2D eigenvalue weighted by Gasteiger charge is 1.90. The van der Waals surface area contributed by atoms with Crippen LogP contribution in [0.2, 0.25) is 0 Å². The van der Waals surface area contributed by atoms with Crippen molar-refractivity contribution in [1.29, 1.82) is 5.26 Å². The van der Waals surface area contributed by atoms with E-state index in [1.807, 2.05) is 60.9 Å². The number of hydrogen-bond donors (Lipinski definition) is 0. The SMILES string of the molecule is N#Cc1ccc(/C=C/c2cc[nH+]cc2)cc1.[Cl-]. The summed E-state index contributed by atoms with van der Waals surface area (Å²) in [6.45, 7) is 0. The predicted molar refractivity (Wildman–Crippen MR) is 63.1 cm³/mol. The number of nitrogens with zero attached hydrogens (tertiary/aromatic N) is 1. The van der Waals surface area contributed by atoms with Gasteiger partial charge in [-0.15, -0.1) is 0 Å². The summed E-state index contributed by atoms with van der Waals surface area (Å²) in [6, 6.07) is 13.6. The Morgan fingerprint density at radius 3 is 1.94 bits per heavy atom. The standard InChI is InChI=1S/C14H10N2.ClH/c15-11-14-5-3-12(4-6-14)1-2-13-7-9-16-10-8-13;/h1-10H;1H/b2-1+;. The van der Waals surface area contributed by atoms with Crippen molar-refractivity contribution in [3.05, 3.63) is 65.5 Å². The molecule has 2 aromatic rings. The molecule has 0 fully saturated rings. The zero-order valence-electron chi connectivity index (χ0n) is 9.10. The smallest absolute Gasteiger partial charge is 0.167 e. The molecule has 0 amide bonds. The molecule has 1 aromatic carbocycles. The van der Waals surface area contributed by atoms with Crippen LogP contribution in [0.5, 0.6) is 0 Å². The summed E-state index contributed by atoms with van der Waals surface area (Å²) >= 11 is 0. The monoisotopic (exact) mass is 242 g/mol. The van der Waals surface area contributed by atoms with Crippen LogP contribution in [0.25, 0.3) is 12.2 Å². The zero-order chi connectivity index (χ0) is 11.2. The second kappa shape index (κ2) is 6.47. The molecule has 1 heterocycles. The number of nitrogens with one attached hydrogen (secondary N) is 1.